The van der Waals surface area contributed by atoms with Crippen LogP contribution in [0.1, 0.15) is 19.7 Å². The van der Waals surface area contributed by atoms with Gasteiger partial charge in [-0.1, -0.05) is 0 Å². The van der Waals surface area contributed by atoms with Crippen molar-refractivity contribution in [2.24, 2.45) is 0 Å². The van der Waals surface area contributed by atoms with Crippen molar-refractivity contribution in [2.75, 3.05) is 7.11 Å². The minimum Gasteiger partial charge on any atom is -0.512 e. The van der Waals surface area contributed by atoms with Gasteiger partial charge in [0.15, 0.2) is 11.4 Å². The maximum atomic E-state index is 11.4. The average Bonchev–Trinajstić information content (AvgIpc) is 2.69. The fraction of sp³-hybridized carbons (Fsp3) is 0.231. The van der Waals surface area contributed by atoms with Gasteiger partial charge in [0.1, 0.15) is 22.6 Å². The van der Waals surface area contributed by atoms with Gasteiger partial charge in [-0.3, -0.25) is 4.79 Å². The van der Waals surface area contributed by atoms with E-state index >= 15 is 0 Å². The van der Waals surface area contributed by atoms with Crippen molar-refractivity contribution in [2.45, 2.75) is 13.8 Å². The Hall–Kier alpha value is -2.30. The first kappa shape index (κ1) is 12.2. The molecule has 1 heterocycles. The third-order valence-electron chi connectivity index (χ3n) is 2.52. The van der Waals surface area contributed by atoms with E-state index in [0.717, 1.165) is 0 Å². The van der Waals surface area contributed by atoms with Crippen LogP contribution in [-0.4, -0.2) is 23.0 Å². The molecule has 5 nitrogen and oxygen atoms in total. The number of hydrogen-bond acceptors (Lipinski definition) is 5. The van der Waals surface area contributed by atoms with Crippen LogP contribution in [0.25, 0.3) is 16.7 Å². The monoisotopic (exact) mass is 247 g/mol. The summed E-state index contributed by atoms with van der Waals surface area (Å²) in [5.41, 5.74) is 1.19. The number of aliphatic hydroxyl groups is 1. The van der Waals surface area contributed by atoms with Gasteiger partial charge < -0.3 is 14.3 Å². The smallest absolute Gasteiger partial charge is 0.234 e. The molecule has 18 heavy (non-hydrogen) atoms. The molecule has 2 aromatic rings. The van der Waals surface area contributed by atoms with E-state index in [4.69, 9.17) is 9.15 Å². The number of aliphatic hydroxyl groups excluding tert-OH is 1. The predicted octanol–water partition coefficient (Wildman–Crippen LogP) is 2.71. The number of carbonyl (C=O) groups is 1. The molecular weight excluding hydrogens is 234 g/mol. The quantitative estimate of drug-likeness (QED) is 0.666. The van der Waals surface area contributed by atoms with Gasteiger partial charge in [-0.2, -0.15) is 0 Å². The lowest BCUT2D eigenvalue weighted by Crippen LogP contribution is -1.99. The number of Topliss-reactive ketones (excluding diaryl/α,β-unsaturated/α-hetero) is 1. The summed E-state index contributed by atoms with van der Waals surface area (Å²) in [6, 6.07) is 5.14. The first-order valence-electron chi connectivity index (χ1n) is 5.38. The van der Waals surface area contributed by atoms with Crippen LogP contribution < -0.4 is 4.74 Å². The number of oxazole rings is 1. The zero-order valence-electron chi connectivity index (χ0n) is 10.4. The van der Waals surface area contributed by atoms with Crippen molar-refractivity contribution in [3.05, 3.63) is 29.8 Å². The molecule has 1 aromatic heterocycles. The molecule has 94 valence electrons. The third-order valence-corrected chi connectivity index (χ3v) is 2.52. The van der Waals surface area contributed by atoms with E-state index in [-0.39, 0.29) is 23.0 Å². The van der Waals surface area contributed by atoms with Crippen LogP contribution >= 0.6 is 0 Å². The Balaban J connectivity index is 2.60. The molecule has 0 radical (unpaired) electrons. The van der Waals surface area contributed by atoms with E-state index in [9.17, 15) is 9.90 Å². The van der Waals surface area contributed by atoms with Crippen LogP contribution in [0, 0.1) is 0 Å². The van der Waals surface area contributed by atoms with Crippen LogP contribution in [0.3, 0.4) is 0 Å². The Morgan fingerprint density at radius 3 is 2.67 bits per heavy atom. The predicted molar refractivity (Wildman–Crippen MR) is 66.5 cm³/mol. The third kappa shape index (κ3) is 2.07. The minimum absolute atomic E-state index is 0.0881. The Bertz CT molecular complexity index is 635. The number of rotatable bonds is 3. The van der Waals surface area contributed by atoms with Gasteiger partial charge in [-0.25, -0.2) is 4.98 Å². The minimum atomic E-state index is -0.298. The second-order valence-corrected chi connectivity index (χ2v) is 3.87. The van der Waals surface area contributed by atoms with Crippen molar-refractivity contribution in [1.82, 2.24) is 4.98 Å². The van der Waals surface area contributed by atoms with Gasteiger partial charge in [-0.15, -0.1) is 0 Å². The van der Waals surface area contributed by atoms with E-state index in [1.54, 1.807) is 25.3 Å². The summed E-state index contributed by atoms with van der Waals surface area (Å²) in [6.07, 6.45) is 0. The number of aromatic nitrogens is 1. The maximum Gasteiger partial charge on any atom is 0.234 e. The van der Waals surface area contributed by atoms with Crippen LogP contribution in [0.15, 0.2) is 28.4 Å². The summed E-state index contributed by atoms with van der Waals surface area (Å²) in [7, 11) is 1.56. The number of ether oxygens (including phenoxy) is 1. The molecule has 0 aliphatic rings. The van der Waals surface area contributed by atoms with E-state index < -0.39 is 0 Å². The molecule has 1 aromatic carbocycles. The highest BCUT2D eigenvalue weighted by atomic mass is 16.5. The number of ketones is 1. The molecule has 0 spiro atoms. The number of allylic oxidation sites excluding steroid dienone is 2. The highest BCUT2D eigenvalue weighted by molar-refractivity contribution is 6.19. The van der Waals surface area contributed by atoms with Crippen molar-refractivity contribution in [1.29, 1.82) is 0 Å². The second kappa shape index (κ2) is 4.52. The van der Waals surface area contributed by atoms with Crippen molar-refractivity contribution >= 4 is 22.5 Å². The average molecular weight is 247 g/mol. The standard InChI is InChI=1S/C13H13NO4/c1-7(15)12(8(2)16)13-14-10-6-9(17-3)4-5-11(10)18-13/h4-6,15H,1-3H3. The lowest BCUT2D eigenvalue weighted by Gasteiger charge is -1.98. The van der Waals surface area contributed by atoms with Gasteiger partial charge in [0.25, 0.3) is 0 Å². The van der Waals surface area contributed by atoms with Gasteiger partial charge in [0.2, 0.25) is 5.89 Å². The van der Waals surface area contributed by atoms with Gasteiger partial charge in [-0.05, 0) is 26.0 Å². The Labute approximate surface area is 104 Å². The Morgan fingerprint density at radius 1 is 1.39 bits per heavy atom. The molecule has 0 atom stereocenters. The number of methoxy groups -OCH3 is 1. The lowest BCUT2D eigenvalue weighted by atomic mass is 10.1. The molecule has 0 amide bonds. The molecular formula is C13H13NO4. The summed E-state index contributed by atoms with van der Waals surface area (Å²) in [4.78, 5) is 15.6. The van der Waals surface area contributed by atoms with Crippen LogP contribution in [0.4, 0.5) is 0 Å². The highest BCUT2D eigenvalue weighted by Gasteiger charge is 2.18. The van der Waals surface area contributed by atoms with Gasteiger partial charge in [0.05, 0.1) is 7.11 Å². The van der Waals surface area contributed by atoms with E-state index in [0.29, 0.717) is 16.8 Å². The molecule has 2 rings (SSSR count). The number of benzene rings is 1. The molecule has 0 aliphatic heterocycles. The topological polar surface area (TPSA) is 72.6 Å². The molecule has 0 bridgehead atoms. The fourth-order valence-corrected chi connectivity index (χ4v) is 1.70. The number of fused-ring (bicyclic) bond motifs is 1. The van der Waals surface area contributed by atoms with Crippen LogP contribution in [0.5, 0.6) is 5.75 Å². The SMILES string of the molecule is COc1ccc2oc(C(C(C)=O)=C(C)O)nc2c1. The molecule has 0 unspecified atom stereocenters. The summed E-state index contributed by atoms with van der Waals surface area (Å²) in [6.45, 7) is 2.77. The van der Waals surface area contributed by atoms with E-state index in [2.05, 4.69) is 4.98 Å². The van der Waals surface area contributed by atoms with Crippen molar-refractivity contribution < 1.29 is 19.1 Å². The summed E-state index contributed by atoms with van der Waals surface area (Å²) in [5, 5.41) is 9.50. The summed E-state index contributed by atoms with van der Waals surface area (Å²) in [5.74, 6) is 0.358. The van der Waals surface area contributed by atoms with Crippen molar-refractivity contribution in [3.8, 4) is 5.75 Å². The summed E-state index contributed by atoms with van der Waals surface area (Å²) >= 11 is 0. The molecule has 0 fully saturated rings. The zero-order valence-corrected chi connectivity index (χ0v) is 10.4. The fourth-order valence-electron chi connectivity index (χ4n) is 1.70. The number of carbonyl (C=O) groups excluding carboxylic acids is 1. The van der Waals surface area contributed by atoms with Crippen LogP contribution in [0.2, 0.25) is 0 Å². The largest absolute Gasteiger partial charge is 0.512 e. The first-order valence-corrected chi connectivity index (χ1v) is 5.38. The normalized spacial score (nSPS) is 12.4. The zero-order chi connectivity index (χ0) is 13.3. The molecule has 0 saturated heterocycles. The molecule has 5 heteroatoms. The first-order chi connectivity index (χ1) is 8.52. The molecule has 0 saturated carbocycles. The molecule has 0 aliphatic carbocycles. The lowest BCUT2D eigenvalue weighted by molar-refractivity contribution is -0.112. The van der Waals surface area contributed by atoms with E-state index in [1.807, 2.05) is 0 Å². The highest BCUT2D eigenvalue weighted by Crippen LogP contribution is 2.26. The molecule has 1 N–H and O–H groups in total. The maximum absolute atomic E-state index is 11.4. The number of nitrogens with zero attached hydrogens (tertiary/aromatic N) is 1. The Morgan fingerprint density at radius 2 is 2.11 bits per heavy atom. The van der Waals surface area contributed by atoms with Gasteiger partial charge in [0, 0.05) is 6.07 Å². The number of hydrogen-bond donors (Lipinski definition) is 1. The van der Waals surface area contributed by atoms with Crippen molar-refractivity contribution in [3.63, 3.8) is 0 Å². The summed E-state index contributed by atoms with van der Waals surface area (Å²) < 4.78 is 10.5. The van der Waals surface area contributed by atoms with E-state index in [1.165, 1.54) is 13.8 Å². The van der Waals surface area contributed by atoms with Gasteiger partial charge >= 0.3 is 0 Å². The van der Waals surface area contributed by atoms with Crippen LogP contribution in [-0.2, 0) is 4.79 Å². The Kier molecular flexibility index (Phi) is 3.06. The second-order valence-electron chi connectivity index (χ2n) is 3.87.